The number of carbonyl (C=O) groups excluding carboxylic acids is 3. The van der Waals surface area contributed by atoms with E-state index in [1.807, 2.05) is 0 Å². The molecule has 132 valence electrons. The Hall–Kier alpha value is -2.93. The monoisotopic (exact) mass is 352 g/mol. The number of hydrogen-bond acceptors (Lipinski definition) is 6. The molecule has 0 bridgehead atoms. The summed E-state index contributed by atoms with van der Waals surface area (Å²) in [7, 11) is 3.28. The summed E-state index contributed by atoms with van der Waals surface area (Å²) in [5.74, 6) is -0.803. The maximum absolute atomic E-state index is 12.8. The fourth-order valence-corrected chi connectivity index (χ4v) is 2.75. The second kappa shape index (κ2) is 7.13. The summed E-state index contributed by atoms with van der Waals surface area (Å²) in [6.45, 7) is 2.44. The molecule has 7 heteroatoms. The number of fused-ring (bicyclic) bond motifs is 1. The molecule has 6 nitrogen and oxygen atoms in total. The van der Waals surface area contributed by atoms with Gasteiger partial charge in [0.15, 0.2) is 5.78 Å². The van der Waals surface area contributed by atoms with E-state index < -0.39 is 11.6 Å². The maximum Gasteiger partial charge on any atom is 0.237 e. The van der Waals surface area contributed by atoms with Crippen LogP contribution in [0.15, 0.2) is 40.5 Å². The van der Waals surface area contributed by atoms with E-state index in [0.717, 1.165) is 0 Å². The molecule has 1 heterocycles. The van der Waals surface area contributed by atoms with Crippen molar-refractivity contribution >= 4 is 30.7 Å². The molecule has 0 amide bonds. The zero-order chi connectivity index (χ0) is 18.8. The fourth-order valence-electron chi connectivity index (χ4n) is 2.75. The molecule has 0 spiro atoms. The normalized spacial score (nSPS) is 13.8. The average Bonchev–Trinajstić information content (AvgIpc) is 3.10. The van der Waals surface area contributed by atoms with E-state index in [0.29, 0.717) is 35.6 Å². The van der Waals surface area contributed by atoms with Crippen LogP contribution in [0.3, 0.4) is 0 Å². The third-order valence-corrected chi connectivity index (χ3v) is 4.39. The van der Waals surface area contributed by atoms with Crippen LogP contribution in [0.4, 0.5) is 0 Å². The van der Waals surface area contributed by atoms with E-state index in [4.69, 9.17) is 13.9 Å². The SMILES string of the molecule is BC1=C(C)C(=O)C(=O)c2c(C(=O)c3ccc(OCCOC)cc3)coc21. The van der Waals surface area contributed by atoms with Crippen LogP contribution in [0.2, 0.25) is 0 Å². The number of carbonyl (C=O) groups is 3. The summed E-state index contributed by atoms with van der Waals surface area (Å²) < 4.78 is 15.8. The smallest absolute Gasteiger partial charge is 0.237 e. The Labute approximate surface area is 151 Å². The molecule has 0 saturated carbocycles. The van der Waals surface area contributed by atoms with Gasteiger partial charge in [0, 0.05) is 12.7 Å². The molecule has 1 aromatic heterocycles. The first-order valence-electron chi connectivity index (χ1n) is 8.10. The summed E-state index contributed by atoms with van der Waals surface area (Å²) in [6, 6.07) is 6.54. The standard InChI is InChI=1S/C19H17BO6/c1-10-15(20)19-14(18(23)16(10)21)13(9-26-19)17(22)11-3-5-12(6-4-11)25-8-7-24-2/h3-6,9H,7-8,20H2,1-2H3. The van der Waals surface area contributed by atoms with Gasteiger partial charge in [-0.25, -0.2) is 0 Å². The zero-order valence-corrected chi connectivity index (χ0v) is 14.8. The van der Waals surface area contributed by atoms with Crippen molar-refractivity contribution in [2.75, 3.05) is 20.3 Å². The number of ketones is 3. The van der Waals surface area contributed by atoms with Crippen LogP contribution in [0.5, 0.6) is 5.75 Å². The average molecular weight is 352 g/mol. The van der Waals surface area contributed by atoms with Crippen LogP contribution in [-0.4, -0.2) is 45.5 Å². The highest BCUT2D eigenvalue weighted by molar-refractivity contribution is 6.59. The number of furan rings is 1. The number of hydrogen-bond donors (Lipinski definition) is 0. The van der Waals surface area contributed by atoms with Crippen molar-refractivity contribution in [3.63, 3.8) is 0 Å². The molecule has 1 aliphatic carbocycles. The lowest BCUT2D eigenvalue weighted by atomic mass is 9.78. The summed E-state index contributed by atoms with van der Waals surface area (Å²) >= 11 is 0. The maximum atomic E-state index is 12.8. The van der Waals surface area contributed by atoms with Gasteiger partial charge in [-0.15, -0.1) is 0 Å². The molecule has 0 atom stereocenters. The number of rotatable bonds is 6. The van der Waals surface area contributed by atoms with Gasteiger partial charge in [-0.1, -0.05) is 0 Å². The third-order valence-electron chi connectivity index (χ3n) is 4.39. The highest BCUT2D eigenvalue weighted by atomic mass is 16.5. The van der Waals surface area contributed by atoms with Gasteiger partial charge in [0.25, 0.3) is 0 Å². The topological polar surface area (TPSA) is 82.8 Å². The Balaban J connectivity index is 1.90. The molecular weight excluding hydrogens is 335 g/mol. The lowest BCUT2D eigenvalue weighted by molar-refractivity contribution is -0.111. The van der Waals surface area contributed by atoms with Crippen molar-refractivity contribution < 1.29 is 28.3 Å². The van der Waals surface area contributed by atoms with Gasteiger partial charge in [-0.2, -0.15) is 0 Å². The van der Waals surface area contributed by atoms with Crippen LogP contribution in [0.1, 0.15) is 39.0 Å². The van der Waals surface area contributed by atoms with Gasteiger partial charge in [-0.3, -0.25) is 14.4 Å². The minimum atomic E-state index is -0.709. The predicted octanol–water partition coefficient (Wildman–Crippen LogP) is 1.67. The van der Waals surface area contributed by atoms with Crippen LogP contribution in [0, 0.1) is 0 Å². The minimum absolute atomic E-state index is 0.0449. The van der Waals surface area contributed by atoms with Crippen molar-refractivity contribution in [3.05, 3.63) is 58.6 Å². The van der Waals surface area contributed by atoms with Crippen LogP contribution < -0.4 is 4.74 Å². The molecule has 0 aliphatic heterocycles. The second-order valence-corrected chi connectivity index (χ2v) is 5.96. The Morgan fingerprint density at radius 3 is 2.46 bits per heavy atom. The van der Waals surface area contributed by atoms with Crippen molar-refractivity contribution in [1.82, 2.24) is 0 Å². The number of allylic oxidation sites excluding steroid dienone is 1. The molecule has 0 unspecified atom stereocenters. The van der Waals surface area contributed by atoms with Gasteiger partial charge in [0.1, 0.15) is 32.2 Å². The second-order valence-electron chi connectivity index (χ2n) is 5.96. The van der Waals surface area contributed by atoms with Crippen LogP contribution in [-0.2, 0) is 9.53 Å². The fraction of sp³-hybridized carbons (Fsp3) is 0.211. The molecule has 1 aromatic carbocycles. The first-order chi connectivity index (χ1) is 12.5. The highest BCUT2D eigenvalue weighted by Gasteiger charge is 2.35. The lowest BCUT2D eigenvalue weighted by Crippen LogP contribution is -2.24. The van der Waals surface area contributed by atoms with Gasteiger partial charge in [0.05, 0.1) is 17.7 Å². The molecule has 1 aliphatic rings. The summed E-state index contributed by atoms with van der Waals surface area (Å²) in [5, 5.41) is 0. The molecule has 3 rings (SSSR count). The largest absolute Gasteiger partial charge is 0.491 e. The van der Waals surface area contributed by atoms with Crippen molar-refractivity contribution in [3.8, 4) is 5.75 Å². The highest BCUT2D eigenvalue weighted by Crippen LogP contribution is 2.32. The van der Waals surface area contributed by atoms with E-state index >= 15 is 0 Å². The Kier molecular flexibility index (Phi) is 4.91. The van der Waals surface area contributed by atoms with E-state index in [-0.39, 0.29) is 22.7 Å². The Bertz CT molecular complexity index is 920. The van der Waals surface area contributed by atoms with E-state index in [1.54, 1.807) is 46.1 Å². The zero-order valence-electron chi connectivity index (χ0n) is 14.8. The number of methoxy groups -OCH3 is 1. The van der Waals surface area contributed by atoms with E-state index in [1.165, 1.54) is 6.26 Å². The molecule has 0 fully saturated rings. The van der Waals surface area contributed by atoms with Crippen LogP contribution in [0.25, 0.3) is 5.47 Å². The lowest BCUT2D eigenvalue weighted by Gasteiger charge is -2.13. The van der Waals surface area contributed by atoms with Gasteiger partial charge >= 0.3 is 0 Å². The molecule has 0 radical (unpaired) electrons. The van der Waals surface area contributed by atoms with Gasteiger partial charge < -0.3 is 13.9 Å². The predicted molar refractivity (Wildman–Crippen MR) is 96.4 cm³/mol. The summed E-state index contributed by atoms with van der Waals surface area (Å²) in [4.78, 5) is 37.2. The summed E-state index contributed by atoms with van der Waals surface area (Å²) in [6.07, 6.45) is 1.24. The van der Waals surface area contributed by atoms with Gasteiger partial charge in [-0.05, 0) is 42.2 Å². The minimum Gasteiger partial charge on any atom is -0.491 e. The molecule has 0 saturated heterocycles. The Morgan fingerprint density at radius 1 is 1.12 bits per heavy atom. The third kappa shape index (κ3) is 3.02. The van der Waals surface area contributed by atoms with E-state index in [2.05, 4.69) is 0 Å². The quantitative estimate of drug-likeness (QED) is 0.340. The molecular formula is C19H17BO6. The number of ether oxygens (including phenoxy) is 2. The number of benzene rings is 1. The van der Waals surface area contributed by atoms with Crippen LogP contribution >= 0.6 is 0 Å². The Morgan fingerprint density at radius 2 is 1.81 bits per heavy atom. The first kappa shape index (κ1) is 17.9. The van der Waals surface area contributed by atoms with Crippen molar-refractivity contribution in [2.45, 2.75) is 6.92 Å². The molecule has 26 heavy (non-hydrogen) atoms. The summed E-state index contributed by atoms with van der Waals surface area (Å²) in [5.41, 5.74) is 1.43. The molecule has 0 N–H and O–H groups in total. The molecule has 2 aromatic rings. The van der Waals surface area contributed by atoms with Gasteiger partial charge in [0.2, 0.25) is 11.6 Å². The first-order valence-corrected chi connectivity index (χ1v) is 8.10. The van der Waals surface area contributed by atoms with Crippen molar-refractivity contribution in [2.24, 2.45) is 0 Å². The number of Topliss-reactive ketones (excluding diaryl/α,β-unsaturated/α-hetero) is 2. The van der Waals surface area contributed by atoms with Crippen molar-refractivity contribution in [1.29, 1.82) is 0 Å². The van der Waals surface area contributed by atoms with E-state index in [9.17, 15) is 14.4 Å².